The second kappa shape index (κ2) is 7.78. The molecule has 1 aliphatic carbocycles. The largest absolute Gasteiger partial charge is 0.343 e. The van der Waals surface area contributed by atoms with Crippen LogP contribution >= 0.6 is 11.8 Å². The number of Topliss-reactive ketones (excluding diaryl/α,β-unsaturated/α-hetero) is 1. The predicted molar refractivity (Wildman–Crippen MR) is 115 cm³/mol. The zero-order valence-electron chi connectivity index (χ0n) is 17.0. The van der Waals surface area contributed by atoms with E-state index < -0.39 is 5.92 Å². The van der Waals surface area contributed by atoms with Crippen molar-refractivity contribution in [3.63, 3.8) is 0 Å². The summed E-state index contributed by atoms with van der Waals surface area (Å²) in [6.45, 7) is 6.34. The standard InChI is InChI=1S/C22H26N4O2S/c1-4-5-9-29-21-25-19-18(20(28)26-21)16(13-7-6-8-23-12-13)17-14(24-19)10-22(2,3)11-15(17)27/h6-8,12,16H,4-5,9-11H2,1-3H3,(H2,24,25,26,28). The second-order valence-corrected chi connectivity index (χ2v) is 9.60. The van der Waals surface area contributed by atoms with Gasteiger partial charge in [-0.1, -0.05) is 45.0 Å². The summed E-state index contributed by atoms with van der Waals surface area (Å²) in [5, 5.41) is 3.97. The number of fused-ring (bicyclic) bond motifs is 1. The van der Waals surface area contributed by atoms with Crippen molar-refractivity contribution >= 4 is 23.4 Å². The number of thioether (sulfide) groups is 1. The highest BCUT2D eigenvalue weighted by atomic mass is 32.2. The van der Waals surface area contributed by atoms with Crippen LogP contribution < -0.4 is 10.9 Å². The molecule has 2 aliphatic rings. The van der Waals surface area contributed by atoms with E-state index in [1.807, 2.05) is 12.1 Å². The lowest BCUT2D eigenvalue weighted by Gasteiger charge is -2.38. The Morgan fingerprint density at radius 1 is 1.28 bits per heavy atom. The monoisotopic (exact) mass is 410 g/mol. The third-order valence-corrected chi connectivity index (χ3v) is 6.41. The van der Waals surface area contributed by atoms with Gasteiger partial charge in [0.1, 0.15) is 5.82 Å². The number of nitrogens with one attached hydrogen (secondary N) is 2. The first-order valence-corrected chi connectivity index (χ1v) is 11.1. The molecule has 0 radical (unpaired) electrons. The van der Waals surface area contributed by atoms with Gasteiger partial charge in [-0.05, 0) is 29.9 Å². The highest BCUT2D eigenvalue weighted by Crippen LogP contribution is 2.47. The van der Waals surface area contributed by atoms with Gasteiger partial charge in [-0.15, -0.1) is 0 Å². The molecular weight excluding hydrogens is 384 g/mol. The molecule has 0 aromatic carbocycles. The molecule has 3 heterocycles. The topological polar surface area (TPSA) is 87.7 Å². The first-order chi connectivity index (χ1) is 13.9. The minimum atomic E-state index is -0.440. The lowest BCUT2D eigenvalue weighted by atomic mass is 9.69. The molecule has 152 valence electrons. The molecule has 29 heavy (non-hydrogen) atoms. The van der Waals surface area contributed by atoms with Crippen LogP contribution in [0, 0.1) is 5.41 Å². The van der Waals surface area contributed by atoms with Crippen LogP contribution in [0.5, 0.6) is 0 Å². The molecule has 1 aliphatic heterocycles. The number of ketones is 1. The minimum Gasteiger partial charge on any atom is -0.343 e. The van der Waals surface area contributed by atoms with Crippen molar-refractivity contribution in [2.75, 3.05) is 11.1 Å². The van der Waals surface area contributed by atoms with Gasteiger partial charge in [-0.25, -0.2) is 4.98 Å². The van der Waals surface area contributed by atoms with Crippen LogP contribution in [0.25, 0.3) is 0 Å². The van der Waals surface area contributed by atoms with E-state index in [1.165, 1.54) is 0 Å². The number of carbonyl (C=O) groups is 1. The lowest BCUT2D eigenvalue weighted by Crippen LogP contribution is -2.37. The molecule has 7 heteroatoms. The van der Waals surface area contributed by atoms with Gasteiger partial charge in [0.2, 0.25) is 0 Å². The van der Waals surface area contributed by atoms with Crippen LogP contribution in [0.2, 0.25) is 0 Å². The molecule has 0 bridgehead atoms. The maximum absolute atomic E-state index is 13.1. The summed E-state index contributed by atoms with van der Waals surface area (Å²) in [6, 6.07) is 3.76. The van der Waals surface area contributed by atoms with Crippen molar-refractivity contribution in [1.82, 2.24) is 15.0 Å². The van der Waals surface area contributed by atoms with Crippen molar-refractivity contribution in [2.24, 2.45) is 5.41 Å². The highest BCUT2D eigenvalue weighted by molar-refractivity contribution is 7.99. The quantitative estimate of drug-likeness (QED) is 0.435. The Labute approximate surface area is 174 Å². The number of H-pyrrole nitrogens is 1. The van der Waals surface area contributed by atoms with Crippen molar-refractivity contribution in [2.45, 2.75) is 57.5 Å². The van der Waals surface area contributed by atoms with Crippen LogP contribution in [0.4, 0.5) is 5.82 Å². The van der Waals surface area contributed by atoms with Crippen LogP contribution in [-0.2, 0) is 4.79 Å². The summed E-state index contributed by atoms with van der Waals surface area (Å²) in [4.78, 5) is 38.1. The van der Waals surface area contributed by atoms with Gasteiger partial charge in [0.25, 0.3) is 5.56 Å². The third kappa shape index (κ3) is 3.88. The lowest BCUT2D eigenvalue weighted by molar-refractivity contribution is -0.118. The van der Waals surface area contributed by atoms with Crippen LogP contribution in [0.3, 0.4) is 0 Å². The van der Waals surface area contributed by atoms with Crippen molar-refractivity contribution in [1.29, 1.82) is 0 Å². The van der Waals surface area contributed by atoms with Crippen molar-refractivity contribution in [3.05, 3.63) is 57.3 Å². The number of aromatic nitrogens is 3. The molecule has 4 rings (SSSR count). The van der Waals surface area contributed by atoms with Crippen LogP contribution in [0.1, 0.15) is 63.5 Å². The molecular formula is C22H26N4O2S. The first-order valence-electron chi connectivity index (χ1n) is 10.1. The molecule has 2 aromatic heterocycles. The molecule has 2 aromatic rings. The minimum absolute atomic E-state index is 0.0871. The molecule has 0 amide bonds. The van der Waals surface area contributed by atoms with Gasteiger partial charge in [-0.3, -0.25) is 14.6 Å². The zero-order valence-corrected chi connectivity index (χ0v) is 17.9. The summed E-state index contributed by atoms with van der Waals surface area (Å²) in [7, 11) is 0. The maximum Gasteiger partial charge on any atom is 0.257 e. The van der Waals surface area contributed by atoms with E-state index in [1.54, 1.807) is 24.2 Å². The Morgan fingerprint density at radius 3 is 2.83 bits per heavy atom. The van der Waals surface area contributed by atoms with E-state index in [0.29, 0.717) is 28.5 Å². The normalized spacial score (nSPS) is 20.1. The summed E-state index contributed by atoms with van der Waals surface area (Å²) < 4.78 is 0. The van der Waals surface area contributed by atoms with E-state index in [4.69, 9.17) is 4.98 Å². The number of nitrogens with zero attached hydrogens (tertiary/aromatic N) is 2. The molecule has 6 nitrogen and oxygen atoms in total. The Bertz CT molecular complexity index is 1030. The molecule has 1 atom stereocenters. The van der Waals surface area contributed by atoms with E-state index in [9.17, 15) is 9.59 Å². The second-order valence-electron chi connectivity index (χ2n) is 8.51. The van der Waals surface area contributed by atoms with Gasteiger partial charge < -0.3 is 10.3 Å². The maximum atomic E-state index is 13.1. The fraction of sp³-hybridized carbons (Fsp3) is 0.455. The Kier molecular flexibility index (Phi) is 5.34. The fourth-order valence-corrected chi connectivity index (χ4v) is 5.10. The predicted octanol–water partition coefficient (Wildman–Crippen LogP) is 4.26. The molecule has 1 unspecified atom stereocenters. The van der Waals surface area contributed by atoms with Gasteiger partial charge in [0.05, 0.1) is 5.56 Å². The summed E-state index contributed by atoms with van der Waals surface area (Å²) in [6.07, 6.45) is 6.81. The average Bonchev–Trinajstić information content (AvgIpc) is 2.66. The van der Waals surface area contributed by atoms with E-state index in [0.717, 1.165) is 36.3 Å². The summed E-state index contributed by atoms with van der Waals surface area (Å²) >= 11 is 1.56. The third-order valence-electron chi connectivity index (χ3n) is 5.45. The number of rotatable bonds is 5. The summed E-state index contributed by atoms with van der Waals surface area (Å²) in [5.41, 5.74) is 2.59. The number of aromatic amines is 1. The van der Waals surface area contributed by atoms with Crippen molar-refractivity contribution in [3.8, 4) is 0 Å². The Hall–Kier alpha value is -2.41. The molecule has 0 fully saturated rings. The number of unbranched alkanes of at least 4 members (excludes halogenated alkanes) is 1. The van der Waals surface area contributed by atoms with E-state index in [-0.39, 0.29) is 16.8 Å². The van der Waals surface area contributed by atoms with Crippen LogP contribution in [-0.4, -0.2) is 26.5 Å². The number of hydrogen-bond donors (Lipinski definition) is 2. The number of hydrogen-bond acceptors (Lipinski definition) is 6. The van der Waals surface area contributed by atoms with Crippen LogP contribution in [0.15, 0.2) is 45.7 Å². The van der Waals surface area contributed by atoms with Gasteiger partial charge in [0.15, 0.2) is 10.9 Å². The van der Waals surface area contributed by atoms with E-state index in [2.05, 4.69) is 36.1 Å². The summed E-state index contributed by atoms with van der Waals surface area (Å²) in [5.74, 6) is 1.11. The Morgan fingerprint density at radius 2 is 2.10 bits per heavy atom. The number of pyridine rings is 1. The molecule has 0 saturated heterocycles. The van der Waals surface area contributed by atoms with Crippen molar-refractivity contribution < 1.29 is 4.79 Å². The fourth-order valence-electron chi connectivity index (χ4n) is 4.15. The van der Waals surface area contributed by atoms with Gasteiger partial charge >= 0.3 is 0 Å². The highest BCUT2D eigenvalue weighted by Gasteiger charge is 2.42. The van der Waals surface area contributed by atoms with Gasteiger partial charge in [0, 0.05) is 41.8 Å². The zero-order chi connectivity index (χ0) is 20.6. The SMILES string of the molecule is CCCCSc1nc2c(c(=O)[nH]1)C(c1cccnc1)C1=C(CC(C)(C)CC1=O)N2. The number of carbonyl (C=O) groups excluding carboxylic acids is 1. The molecule has 0 spiro atoms. The molecule has 2 N–H and O–H groups in total. The Balaban J connectivity index is 1.85. The smallest absolute Gasteiger partial charge is 0.257 e. The average molecular weight is 411 g/mol. The van der Waals surface area contributed by atoms with E-state index >= 15 is 0 Å². The molecule has 0 saturated carbocycles. The first kappa shape index (κ1) is 19.9. The number of allylic oxidation sites excluding steroid dienone is 2. The number of anilines is 1. The van der Waals surface area contributed by atoms with Gasteiger partial charge in [-0.2, -0.15) is 0 Å².